The fraction of sp³-hybridized carbons (Fsp3) is 0.211. The highest BCUT2D eigenvalue weighted by Crippen LogP contribution is 2.23. The molecule has 0 unspecified atom stereocenters. The topological polar surface area (TPSA) is 75.2 Å². The van der Waals surface area contributed by atoms with Gasteiger partial charge in [0.2, 0.25) is 17.8 Å². The number of halogens is 2. The van der Waals surface area contributed by atoms with E-state index in [1.165, 1.54) is 0 Å². The number of anilines is 5. The van der Waals surface area contributed by atoms with Gasteiger partial charge in [0.25, 0.3) is 0 Å². The molecule has 1 saturated heterocycles. The Bertz CT molecular complexity index is 899. The predicted octanol–water partition coefficient (Wildman–Crippen LogP) is 4.50. The van der Waals surface area contributed by atoms with Crippen molar-refractivity contribution in [1.82, 2.24) is 15.0 Å². The highest BCUT2D eigenvalue weighted by atomic mass is 35.5. The second kappa shape index (κ2) is 8.60. The second-order valence-corrected chi connectivity index (χ2v) is 7.03. The summed E-state index contributed by atoms with van der Waals surface area (Å²) >= 11 is 12.2. The number of nitrogens with zero attached hydrogens (tertiary/aromatic N) is 4. The third-order valence-electron chi connectivity index (χ3n) is 4.08. The Hall–Kier alpha value is -2.61. The number of nitrogens with one attached hydrogen (secondary N) is 2. The highest BCUT2D eigenvalue weighted by molar-refractivity contribution is 6.31. The molecule has 1 aliphatic heterocycles. The van der Waals surface area contributed by atoms with Crippen LogP contribution in [0.15, 0.2) is 48.5 Å². The summed E-state index contributed by atoms with van der Waals surface area (Å²) in [6.07, 6.45) is 0. The first kappa shape index (κ1) is 18.7. The van der Waals surface area contributed by atoms with E-state index < -0.39 is 0 Å². The molecule has 28 heavy (non-hydrogen) atoms. The van der Waals surface area contributed by atoms with Crippen LogP contribution >= 0.6 is 23.2 Å². The first-order valence-corrected chi connectivity index (χ1v) is 9.55. The van der Waals surface area contributed by atoms with Crippen LogP contribution in [0.1, 0.15) is 0 Å². The Kier molecular flexibility index (Phi) is 5.76. The summed E-state index contributed by atoms with van der Waals surface area (Å²) in [5.74, 6) is 1.42. The number of hydrogen-bond acceptors (Lipinski definition) is 7. The largest absolute Gasteiger partial charge is 0.378 e. The van der Waals surface area contributed by atoms with Gasteiger partial charge < -0.3 is 20.3 Å². The van der Waals surface area contributed by atoms with E-state index in [4.69, 9.17) is 27.9 Å². The molecule has 3 aromatic rings. The fourth-order valence-corrected chi connectivity index (χ4v) is 3.15. The summed E-state index contributed by atoms with van der Waals surface area (Å²) in [6.45, 7) is 2.72. The average molecular weight is 417 g/mol. The maximum absolute atomic E-state index is 6.08. The SMILES string of the molecule is Clc1cccc(Nc2nc(Nc3cccc(Cl)c3)nc(N3CCOCC3)n2)c1. The van der Waals surface area contributed by atoms with Crippen molar-refractivity contribution in [3.63, 3.8) is 0 Å². The van der Waals surface area contributed by atoms with E-state index in [2.05, 4.69) is 30.5 Å². The van der Waals surface area contributed by atoms with Crippen molar-refractivity contribution in [2.24, 2.45) is 0 Å². The Morgan fingerprint density at radius 2 is 1.32 bits per heavy atom. The van der Waals surface area contributed by atoms with Crippen LogP contribution in [0.4, 0.5) is 29.2 Å². The Labute approximate surface area is 172 Å². The number of benzene rings is 2. The molecule has 2 heterocycles. The number of ether oxygens (including phenoxy) is 1. The molecule has 1 fully saturated rings. The van der Waals surface area contributed by atoms with Gasteiger partial charge in [0.1, 0.15) is 0 Å². The van der Waals surface area contributed by atoms with E-state index in [1.54, 1.807) is 0 Å². The molecule has 0 aliphatic carbocycles. The van der Waals surface area contributed by atoms with Crippen molar-refractivity contribution in [1.29, 1.82) is 0 Å². The normalized spacial score (nSPS) is 14.0. The molecule has 4 rings (SSSR count). The molecular weight excluding hydrogens is 399 g/mol. The van der Waals surface area contributed by atoms with Crippen LogP contribution < -0.4 is 15.5 Å². The zero-order valence-corrected chi connectivity index (χ0v) is 16.4. The zero-order valence-electron chi connectivity index (χ0n) is 14.9. The summed E-state index contributed by atoms with van der Waals surface area (Å²) in [4.78, 5) is 15.7. The summed E-state index contributed by atoms with van der Waals surface area (Å²) in [7, 11) is 0. The molecule has 1 aromatic heterocycles. The molecule has 0 spiro atoms. The molecule has 9 heteroatoms. The predicted molar refractivity (Wildman–Crippen MR) is 112 cm³/mol. The first-order valence-electron chi connectivity index (χ1n) is 8.80. The number of rotatable bonds is 5. The van der Waals surface area contributed by atoms with Gasteiger partial charge in [-0.15, -0.1) is 0 Å². The van der Waals surface area contributed by atoms with E-state index in [-0.39, 0.29) is 0 Å². The lowest BCUT2D eigenvalue weighted by Crippen LogP contribution is -2.37. The smallest absolute Gasteiger partial charge is 0.233 e. The molecule has 0 amide bonds. The van der Waals surface area contributed by atoms with E-state index in [0.717, 1.165) is 24.5 Å². The van der Waals surface area contributed by atoms with E-state index in [0.29, 0.717) is 41.1 Å². The minimum Gasteiger partial charge on any atom is -0.378 e. The van der Waals surface area contributed by atoms with E-state index >= 15 is 0 Å². The van der Waals surface area contributed by atoms with Gasteiger partial charge in [-0.05, 0) is 36.4 Å². The Morgan fingerprint density at radius 1 is 0.786 bits per heavy atom. The quantitative estimate of drug-likeness (QED) is 0.633. The number of aromatic nitrogens is 3. The lowest BCUT2D eigenvalue weighted by atomic mass is 10.3. The van der Waals surface area contributed by atoms with Crippen molar-refractivity contribution in [2.45, 2.75) is 0 Å². The van der Waals surface area contributed by atoms with Gasteiger partial charge >= 0.3 is 0 Å². The summed E-state index contributed by atoms with van der Waals surface area (Å²) in [5, 5.41) is 7.64. The number of morpholine rings is 1. The van der Waals surface area contributed by atoms with Gasteiger partial charge in [0.05, 0.1) is 13.2 Å². The van der Waals surface area contributed by atoms with Gasteiger partial charge in [-0.3, -0.25) is 0 Å². The number of hydrogen-bond donors (Lipinski definition) is 2. The molecule has 7 nitrogen and oxygen atoms in total. The zero-order chi connectivity index (χ0) is 19.3. The second-order valence-electron chi connectivity index (χ2n) is 6.15. The van der Waals surface area contributed by atoms with Crippen LogP contribution in [0.3, 0.4) is 0 Å². The minimum absolute atomic E-state index is 0.420. The van der Waals surface area contributed by atoms with Crippen LogP contribution in [0.25, 0.3) is 0 Å². The van der Waals surface area contributed by atoms with Crippen molar-refractivity contribution >= 4 is 52.4 Å². The summed E-state index contributed by atoms with van der Waals surface area (Å²) in [6, 6.07) is 14.8. The summed E-state index contributed by atoms with van der Waals surface area (Å²) in [5.41, 5.74) is 1.58. The van der Waals surface area contributed by atoms with Crippen LogP contribution in [-0.2, 0) is 4.74 Å². The fourth-order valence-electron chi connectivity index (χ4n) is 2.77. The Morgan fingerprint density at radius 3 is 1.82 bits per heavy atom. The maximum Gasteiger partial charge on any atom is 0.233 e. The van der Waals surface area contributed by atoms with Crippen LogP contribution in [0, 0.1) is 0 Å². The molecule has 0 radical (unpaired) electrons. The van der Waals surface area contributed by atoms with E-state index in [1.807, 2.05) is 48.5 Å². The van der Waals surface area contributed by atoms with Crippen LogP contribution in [-0.4, -0.2) is 41.3 Å². The molecule has 144 valence electrons. The van der Waals surface area contributed by atoms with Crippen LogP contribution in [0.5, 0.6) is 0 Å². The first-order chi connectivity index (χ1) is 13.7. The van der Waals surface area contributed by atoms with Crippen molar-refractivity contribution in [3.8, 4) is 0 Å². The standard InChI is InChI=1S/C19H18Cl2N6O/c20-13-3-1-5-15(11-13)22-17-24-18(23-16-6-2-4-14(21)12-16)26-19(25-17)27-7-9-28-10-8-27/h1-6,11-12H,7-10H2,(H2,22,23,24,25,26). The average Bonchev–Trinajstić information content (AvgIpc) is 2.68. The molecule has 1 aliphatic rings. The summed E-state index contributed by atoms with van der Waals surface area (Å²) < 4.78 is 5.43. The maximum atomic E-state index is 6.08. The Balaban J connectivity index is 1.65. The molecule has 0 bridgehead atoms. The third kappa shape index (κ3) is 4.81. The van der Waals surface area contributed by atoms with Gasteiger partial charge in [-0.1, -0.05) is 35.3 Å². The third-order valence-corrected chi connectivity index (χ3v) is 4.55. The molecule has 2 aromatic carbocycles. The van der Waals surface area contributed by atoms with Crippen molar-refractivity contribution in [3.05, 3.63) is 58.6 Å². The van der Waals surface area contributed by atoms with Gasteiger partial charge in [0, 0.05) is 34.5 Å². The molecule has 0 saturated carbocycles. The lowest BCUT2D eigenvalue weighted by Gasteiger charge is -2.27. The monoisotopic (exact) mass is 416 g/mol. The van der Waals surface area contributed by atoms with Crippen molar-refractivity contribution < 1.29 is 4.74 Å². The molecular formula is C19H18Cl2N6O. The van der Waals surface area contributed by atoms with Gasteiger partial charge in [0.15, 0.2) is 0 Å². The highest BCUT2D eigenvalue weighted by Gasteiger charge is 2.17. The molecule has 0 atom stereocenters. The lowest BCUT2D eigenvalue weighted by molar-refractivity contribution is 0.122. The van der Waals surface area contributed by atoms with Crippen LogP contribution in [0.2, 0.25) is 10.0 Å². The van der Waals surface area contributed by atoms with E-state index in [9.17, 15) is 0 Å². The van der Waals surface area contributed by atoms with Gasteiger partial charge in [-0.25, -0.2) is 0 Å². The minimum atomic E-state index is 0.420. The van der Waals surface area contributed by atoms with Crippen molar-refractivity contribution in [2.75, 3.05) is 41.8 Å². The molecule has 2 N–H and O–H groups in total. The van der Waals surface area contributed by atoms with Gasteiger partial charge in [-0.2, -0.15) is 15.0 Å².